The molecule has 0 radical (unpaired) electrons. The number of aromatic nitrogens is 1. The van der Waals surface area contributed by atoms with Crippen LogP contribution in [0.5, 0.6) is 0 Å². The molecule has 0 aliphatic carbocycles. The molecule has 1 fully saturated rings. The van der Waals surface area contributed by atoms with E-state index in [2.05, 4.69) is 34.1 Å². The predicted molar refractivity (Wildman–Crippen MR) is 126 cm³/mol. The fourth-order valence-electron chi connectivity index (χ4n) is 4.21. The van der Waals surface area contributed by atoms with Crippen molar-refractivity contribution in [3.63, 3.8) is 0 Å². The highest BCUT2D eigenvalue weighted by molar-refractivity contribution is 5.87. The van der Waals surface area contributed by atoms with E-state index in [1.54, 1.807) is 6.20 Å². The number of ether oxygens (including phenoxy) is 1. The van der Waals surface area contributed by atoms with Crippen molar-refractivity contribution in [2.75, 3.05) is 39.3 Å². The number of rotatable bonds is 9. The van der Waals surface area contributed by atoms with Gasteiger partial charge in [-0.25, -0.2) is 0 Å². The zero-order valence-electron chi connectivity index (χ0n) is 18.5. The molecule has 1 aromatic heterocycles. The van der Waals surface area contributed by atoms with Gasteiger partial charge in [-0.15, -0.1) is 0 Å². The number of pyridine rings is 1. The molecule has 1 amide bonds. The summed E-state index contributed by atoms with van der Waals surface area (Å²) in [5, 5.41) is 0. The van der Waals surface area contributed by atoms with Crippen LogP contribution in [0.3, 0.4) is 0 Å². The second-order valence-corrected chi connectivity index (χ2v) is 8.19. The zero-order chi connectivity index (χ0) is 22.0. The van der Waals surface area contributed by atoms with Crippen molar-refractivity contribution in [2.24, 2.45) is 0 Å². The van der Waals surface area contributed by atoms with Crippen LogP contribution in [0.25, 0.3) is 0 Å². The predicted octanol–water partition coefficient (Wildman–Crippen LogP) is 3.96. The number of benzene rings is 2. The van der Waals surface area contributed by atoms with Gasteiger partial charge in [0.25, 0.3) is 0 Å². The van der Waals surface area contributed by atoms with Crippen molar-refractivity contribution >= 4 is 5.91 Å². The SMILES string of the molecule is O=C(C(c1ccccc1)c1ccccc1)N1CCN(CCCOCc2cccnc2)CC1. The molecule has 5 nitrogen and oxygen atoms in total. The van der Waals surface area contributed by atoms with Crippen molar-refractivity contribution in [1.82, 2.24) is 14.8 Å². The average molecular weight is 430 g/mol. The molecule has 0 unspecified atom stereocenters. The van der Waals surface area contributed by atoms with Crippen LogP contribution >= 0.6 is 0 Å². The molecule has 1 saturated heterocycles. The van der Waals surface area contributed by atoms with Crippen LogP contribution in [0.2, 0.25) is 0 Å². The molecular weight excluding hydrogens is 398 g/mol. The van der Waals surface area contributed by atoms with Gasteiger partial charge in [0, 0.05) is 51.7 Å². The van der Waals surface area contributed by atoms with E-state index in [0.29, 0.717) is 6.61 Å². The maximum atomic E-state index is 13.5. The molecule has 1 aliphatic rings. The average Bonchev–Trinajstić information content (AvgIpc) is 2.86. The number of carbonyl (C=O) groups excluding carboxylic acids is 1. The summed E-state index contributed by atoms with van der Waals surface area (Å²) < 4.78 is 5.77. The summed E-state index contributed by atoms with van der Waals surface area (Å²) in [5.74, 6) is -0.0494. The van der Waals surface area contributed by atoms with E-state index in [9.17, 15) is 4.79 Å². The van der Waals surface area contributed by atoms with E-state index in [-0.39, 0.29) is 11.8 Å². The third-order valence-corrected chi connectivity index (χ3v) is 5.95. The molecule has 0 atom stereocenters. The summed E-state index contributed by atoms with van der Waals surface area (Å²) in [6.07, 6.45) is 4.61. The lowest BCUT2D eigenvalue weighted by atomic mass is 9.90. The molecule has 0 spiro atoms. The molecule has 0 saturated carbocycles. The minimum Gasteiger partial charge on any atom is -0.377 e. The lowest BCUT2D eigenvalue weighted by Gasteiger charge is -2.36. The highest BCUT2D eigenvalue weighted by Gasteiger charge is 2.29. The second kappa shape index (κ2) is 11.6. The molecular formula is C27H31N3O2. The minimum atomic E-state index is -0.246. The molecule has 0 bridgehead atoms. The van der Waals surface area contributed by atoms with Gasteiger partial charge in [-0.3, -0.25) is 14.7 Å². The van der Waals surface area contributed by atoms with Gasteiger partial charge in [-0.1, -0.05) is 66.7 Å². The number of hydrogen-bond acceptors (Lipinski definition) is 4. The van der Waals surface area contributed by atoms with Crippen LogP contribution < -0.4 is 0 Å². The van der Waals surface area contributed by atoms with E-state index in [1.165, 1.54) is 0 Å². The standard InChI is InChI=1S/C27H31N3O2/c31-27(26(24-10-3-1-4-11-24)25-12-5-2-6-13-25)30-18-16-29(17-19-30)15-8-20-32-22-23-9-7-14-28-21-23/h1-7,9-14,21,26H,8,15-20,22H2. The van der Waals surface area contributed by atoms with Crippen LogP contribution in [-0.2, 0) is 16.1 Å². The third-order valence-electron chi connectivity index (χ3n) is 5.95. The van der Waals surface area contributed by atoms with Crippen molar-refractivity contribution in [2.45, 2.75) is 18.9 Å². The first-order chi connectivity index (χ1) is 15.8. The van der Waals surface area contributed by atoms with Gasteiger partial charge >= 0.3 is 0 Å². The summed E-state index contributed by atoms with van der Waals surface area (Å²) in [7, 11) is 0. The molecule has 4 rings (SSSR count). The van der Waals surface area contributed by atoms with E-state index in [1.807, 2.05) is 59.6 Å². The van der Waals surface area contributed by atoms with Gasteiger partial charge in [0.05, 0.1) is 12.5 Å². The minimum absolute atomic E-state index is 0.196. The number of hydrogen-bond donors (Lipinski definition) is 0. The summed E-state index contributed by atoms with van der Waals surface area (Å²) in [5.41, 5.74) is 3.21. The molecule has 0 N–H and O–H groups in total. The van der Waals surface area contributed by atoms with Gasteiger partial charge < -0.3 is 9.64 Å². The van der Waals surface area contributed by atoms with E-state index in [4.69, 9.17) is 4.74 Å². The first kappa shape index (κ1) is 22.2. The Labute approximate surface area is 190 Å². The van der Waals surface area contributed by atoms with Crippen LogP contribution in [-0.4, -0.2) is 60.0 Å². The van der Waals surface area contributed by atoms with Gasteiger partial charge in [-0.2, -0.15) is 0 Å². The van der Waals surface area contributed by atoms with Crippen molar-refractivity contribution < 1.29 is 9.53 Å². The molecule has 1 aliphatic heterocycles. The van der Waals surface area contributed by atoms with E-state index < -0.39 is 0 Å². The summed E-state index contributed by atoms with van der Waals surface area (Å²) in [4.78, 5) is 22.1. The first-order valence-corrected chi connectivity index (χ1v) is 11.4. The second-order valence-electron chi connectivity index (χ2n) is 8.19. The quantitative estimate of drug-likeness (QED) is 0.483. The topological polar surface area (TPSA) is 45.7 Å². The van der Waals surface area contributed by atoms with Gasteiger partial charge in [0.2, 0.25) is 5.91 Å². The van der Waals surface area contributed by atoms with Crippen LogP contribution in [0.1, 0.15) is 29.0 Å². The Hall–Kier alpha value is -3.02. The monoisotopic (exact) mass is 429 g/mol. The molecule has 2 aromatic carbocycles. The highest BCUT2D eigenvalue weighted by Crippen LogP contribution is 2.27. The lowest BCUT2D eigenvalue weighted by molar-refractivity contribution is -0.133. The lowest BCUT2D eigenvalue weighted by Crippen LogP contribution is -2.50. The van der Waals surface area contributed by atoms with Crippen molar-refractivity contribution in [3.05, 3.63) is 102 Å². The van der Waals surface area contributed by atoms with Crippen molar-refractivity contribution in [1.29, 1.82) is 0 Å². The number of nitrogens with zero attached hydrogens (tertiary/aromatic N) is 3. The van der Waals surface area contributed by atoms with Crippen LogP contribution in [0, 0.1) is 0 Å². The van der Waals surface area contributed by atoms with Crippen molar-refractivity contribution in [3.8, 4) is 0 Å². The fraction of sp³-hybridized carbons (Fsp3) is 0.333. The number of amides is 1. The summed E-state index contributed by atoms with van der Waals surface area (Å²) in [6, 6.07) is 24.2. The highest BCUT2D eigenvalue weighted by atomic mass is 16.5. The maximum Gasteiger partial charge on any atom is 0.234 e. The summed E-state index contributed by atoms with van der Waals surface area (Å²) >= 11 is 0. The normalized spacial score (nSPS) is 14.6. The Morgan fingerprint density at radius 2 is 1.53 bits per heavy atom. The van der Waals surface area contributed by atoms with Gasteiger partial charge in [0.15, 0.2) is 0 Å². The van der Waals surface area contributed by atoms with Gasteiger partial charge in [-0.05, 0) is 29.2 Å². The molecule has 166 valence electrons. The van der Waals surface area contributed by atoms with Gasteiger partial charge in [0.1, 0.15) is 0 Å². The van der Waals surface area contributed by atoms with Crippen LogP contribution in [0.4, 0.5) is 0 Å². The Morgan fingerprint density at radius 3 is 2.12 bits per heavy atom. The smallest absolute Gasteiger partial charge is 0.234 e. The summed E-state index contributed by atoms with van der Waals surface area (Å²) in [6.45, 7) is 5.69. The van der Waals surface area contributed by atoms with Crippen LogP contribution in [0.15, 0.2) is 85.2 Å². The molecule has 2 heterocycles. The molecule has 5 heteroatoms. The maximum absolute atomic E-state index is 13.5. The van der Waals surface area contributed by atoms with E-state index in [0.717, 1.165) is 62.4 Å². The largest absolute Gasteiger partial charge is 0.377 e. The zero-order valence-corrected chi connectivity index (χ0v) is 18.5. The Morgan fingerprint density at radius 1 is 0.875 bits per heavy atom. The third kappa shape index (κ3) is 6.02. The Kier molecular flexibility index (Phi) is 8.01. The van der Waals surface area contributed by atoms with E-state index >= 15 is 0 Å². The first-order valence-electron chi connectivity index (χ1n) is 11.4. The Bertz CT molecular complexity index is 903. The molecule has 3 aromatic rings. The number of piperazine rings is 1. The molecule has 32 heavy (non-hydrogen) atoms. The fourth-order valence-corrected chi connectivity index (χ4v) is 4.21. The number of carbonyl (C=O) groups is 1. The Balaban J connectivity index is 1.26.